The van der Waals surface area contributed by atoms with Crippen LogP contribution in [-0.2, 0) is 0 Å². The van der Waals surface area contributed by atoms with Crippen LogP contribution in [0.1, 0.15) is 0 Å². The Morgan fingerprint density at radius 2 is 0.716 bits per heavy atom. The second-order valence-corrected chi connectivity index (χ2v) is 17.9. The maximum absolute atomic E-state index is 5.37. The summed E-state index contributed by atoms with van der Waals surface area (Å²) in [6.07, 6.45) is 0. The Kier molecular flexibility index (Phi) is 9.32. The van der Waals surface area contributed by atoms with Crippen LogP contribution in [0.5, 0.6) is 0 Å². The van der Waals surface area contributed by atoms with Gasteiger partial charge in [0.2, 0.25) is 0 Å². The average molecular weight is 871 g/mol. The summed E-state index contributed by atoms with van der Waals surface area (Å²) in [7, 11) is 0. The fraction of sp³-hybridized carbons (Fsp3) is 0. The van der Waals surface area contributed by atoms with Crippen molar-refractivity contribution in [1.82, 2.24) is 19.9 Å². The molecule has 10 aromatic carbocycles. The number of nitrogens with zero attached hydrogens (tertiary/aromatic N) is 4. The van der Waals surface area contributed by atoms with Gasteiger partial charge in [0.1, 0.15) is 0 Å². The van der Waals surface area contributed by atoms with Gasteiger partial charge < -0.3 is 0 Å². The fourth-order valence-electron chi connectivity index (χ4n) is 9.73. The number of para-hydroxylation sites is 1. The van der Waals surface area contributed by atoms with E-state index in [1.54, 1.807) is 0 Å². The molecular weight excluding hydrogens is 833 g/mol. The quantitative estimate of drug-likeness (QED) is 0.150. The van der Waals surface area contributed by atoms with Crippen LogP contribution in [0.4, 0.5) is 0 Å². The van der Waals surface area contributed by atoms with Gasteiger partial charge in [-0.1, -0.05) is 212 Å². The summed E-state index contributed by atoms with van der Waals surface area (Å²) < 4.78 is 1.16. The smallest absolute Gasteiger partial charge is 0.164 e. The number of rotatable bonds is 7. The summed E-state index contributed by atoms with van der Waals surface area (Å²) in [6, 6.07) is 81.7. The highest BCUT2D eigenvalue weighted by Gasteiger charge is 2.24. The predicted molar refractivity (Wildman–Crippen MR) is 281 cm³/mol. The number of hydrogen-bond acceptors (Lipinski definition) is 5. The molecule has 3 aromatic heterocycles. The van der Waals surface area contributed by atoms with E-state index in [-0.39, 0.29) is 0 Å². The van der Waals surface area contributed by atoms with Crippen LogP contribution in [-0.4, -0.2) is 19.9 Å². The van der Waals surface area contributed by atoms with Crippen LogP contribution in [0.25, 0.3) is 131 Å². The lowest BCUT2D eigenvalue weighted by molar-refractivity contribution is 1.07. The zero-order valence-electron chi connectivity index (χ0n) is 36.1. The minimum atomic E-state index is 0.618. The molecule has 0 atom stereocenters. The predicted octanol–water partition coefficient (Wildman–Crippen LogP) is 16.8. The molecule has 13 rings (SSSR count). The molecule has 67 heavy (non-hydrogen) atoms. The van der Waals surface area contributed by atoms with E-state index in [1.165, 1.54) is 53.7 Å². The van der Waals surface area contributed by atoms with Gasteiger partial charge in [-0.15, -0.1) is 11.3 Å². The number of fused-ring (bicyclic) bond motifs is 9. The van der Waals surface area contributed by atoms with Gasteiger partial charge in [0.05, 0.1) is 15.9 Å². The third-order valence-corrected chi connectivity index (χ3v) is 14.2. The van der Waals surface area contributed by atoms with Crippen LogP contribution in [0.15, 0.2) is 231 Å². The molecule has 0 amide bonds. The van der Waals surface area contributed by atoms with Gasteiger partial charge in [-0.2, -0.15) is 0 Å². The van der Waals surface area contributed by atoms with Gasteiger partial charge in [-0.05, 0) is 72.8 Å². The van der Waals surface area contributed by atoms with Gasteiger partial charge in [0.15, 0.2) is 17.5 Å². The molecule has 0 N–H and O–H groups in total. The van der Waals surface area contributed by atoms with E-state index in [9.17, 15) is 0 Å². The summed E-state index contributed by atoms with van der Waals surface area (Å²) in [6.45, 7) is 0. The minimum Gasteiger partial charge on any atom is -0.246 e. The molecule has 4 nitrogen and oxygen atoms in total. The van der Waals surface area contributed by atoms with E-state index in [0.29, 0.717) is 17.5 Å². The standard InChI is InChI=1S/C62H38N4S/c1-4-17-39(18-5-1)44-23-16-24-46(37-44)62-65-60(42-21-8-3-9-22-42)64-61(66-62)43-33-31-41(32-34-43)58-55(56-52-29-14-15-30-54(52)63-57(59(56)67-58)40-19-6-2-7-20-40)45-35-36-51-49-27-11-10-25-47(49)48-26-12-13-28-50(48)53(51)38-45/h1-38H. The molecule has 0 bridgehead atoms. The molecular formula is C62H38N4S. The van der Waals surface area contributed by atoms with Crippen molar-refractivity contribution in [3.8, 4) is 78.1 Å². The van der Waals surface area contributed by atoms with Crippen molar-refractivity contribution in [3.05, 3.63) is 231 Å². The molecule has 0 aliphatic carbocycles. The zero-order valence-corrected chi connectivity index (χ0v) is 37.0. The molecule has 0 fully saturated rings. The van der Waals surface area contributed by atoms with Gasteiger partial charge in [0.25, 0.3) is 0 Å². The molecule has 0 radical (unpaired) electrons. The van der Waals surface area contributed by atoms with Gasteiger partial charge in [0, 0.05) is 43.5 Å². The summed E-state index contributed by atoms with van der Waals surface area (Å²) in [4.78, 5) is 21.9. The van der Waals surface area contributed by atoms with Crippen LogP contribution in [0, 0.1) is 0 Å². The number of benzene rings is 10. The first-order valence-electron chi connectivity index (χ1n) is 22.5. The first kappa shape index (κ1) is 38.8. The van der Waals surface area contributed by atoms with Crippen LogP contribution < -0.4 is 0 Å². The van der Waals surface area contributed by atoms with E-state index in [0.717, 1.165) is 60.2 Å². The average Bonchev–Trinajstić information content (AvgIpc) is 3.82. The molecule has 0 aliphatic rings. The zero-order chi connectivity index (χ0) is 44.3. The monoisotopic (exact) mass is 870 g/mol. The molecule has 0 unspecified atom stereocenters. The minimum absolute atomic E-state index is 0.618. The van der Waals surface area contributed by atoms with Crippen molar-refractivity contribution >= 4 is 64.6 Å². The summed E-state index contributed by atoms with van der Waals surface area (Å²) >= 11 is 1.82. The number of pyridine rings is 1. The van der Waals surface area contributed by atoms with Crippen molar-refractivity contribution in [2.75, 3.05) is 0 Å². The maximum Gasteiger partial charge on any atom is 0.164 e. The van der Waals surface area contributed by atoms with Gasteiger partial charge in [-0.3, -0.25) is 0 Å². The second kappa shape index (κ2) is 16.1. The Labute approximate surface area is 391 Å². The van der Waals surface area contributed by atoms with Crippen molar-refractivity contribution < 1.29 is 0 Å². The number of aromatic nitrogens is 4. The van der Waals surface area contributed by atoms with Crippen LogP contribution >= 0.6 is 11.3 Å². The normalized spacial score (nSPS) is 11.6. The van der Waals surface area contributed by atoms with Crippen molar-refractivity contribution in [1.29, 1.82) is 0 Å². The molecule has 0 spiro atoms. The van der Waals surface area contributed by atoms with E-state index in [4.69, 9.17) is 19.9 Å². The van der Waals surface area contributed by atoms with E-state index < -0.39 is 0 Å². The molecule has 0 saturated carbocycles. The van der Waals surface area contributed by atoms with Crippen LogP contribution in [0.2, 0.25) is 0 Å². The number of thiophene rings is 1. The molecule has 0 saturated heterocycles. The Hall–Kier alpha value is -8.64. The van der Waals surface area contributed by atoms with E-state index in [2.05, 4.69) is 206 Å². The van der Waals surface area contributed by atoms with Crippen molar-refractivity contribution in [2.45, 2.75) is 0 Å². The number of hydrogen-bond donors (Lipinski definition) is 0. The highest BCUT2D eigenvalue weighted by molar-refractivity contribution is 7.23. The second-order valence-electron chi connectivity index (χ2n) is 16.9. The Bertz CT molecular complexity index is 3980. The van der Waals surface area contributed by atoms with Gasteiger partial charge >= 0.3 is 0 Å². The topological polar surface area (TPSA) is 51.6 Å². The largest absolute Gasteiger partial charge is 0.246 e. The molecule has 3 heterocycles. The Balaban J connectivity index is 1.02. The van der Waals surface area contributed by atoms with Crippen LogP contribution in [0.3, 0.4) is 0 Å². The summed E-state index contributed by atoms with van der Waals surface area (Å²) in [5, 5.41) is 9.88. The van der Waals surface area contributed by atoms with Gasteiger partial charge in [-0.25, -0.2) is 19.9 Å². The summed E-state index contributed by atoms with van der Waals surface area (Å²) in [5.41, 5.74) is 11.6. The first-order valence-corrected chi connectivity index (χ1v) is 23.4. The SMILES string of the molecule is c1ccc(-c2cccc(-c3nc(-c4ccccc4)nc(-c4ccc(-c5sc6c(-c7ccccc7)nc7ccccc7c6c5-c5ccc6c7ccccc7c7ccccc7c6c5)cc4)n3)c2)cc1. The molecule has 13 aromatic rings. The molecule has 0 aliphatic heterocycles. The Morgan fingerprint density at radius 3 is 1.36 bits per heavy atom. The highest BCUT2D eigenvalue weighted by Crippen LogP contribution is 2.51. The lowest BCUT2D eigenvalue weighted by Gasteiger charge is -2.14. The third kappa shape index (κ3) is 6.75. The molecule has 5 heteroatoms. The molecule has 312 valence electrons. The Morgan fingerprint density at radius 1 is 0.269 bits per heavy atom. The highest BCUT2D eigenvalue weighted by atomic mass is 32.1. The van der Waals surface area contributed by atoms with E-state index >= 15 is 0 Å². The maximum atomic E-state index is 5.37. The lowest BCUT2D eigenvalue weighted by atomic mass is 9.90. The summed E-state index contributed by atoms with van der Waals surface area (Å²) in [5.74, 6) is 1.88. The van der Waals surface area contributed by atoms with Crippen molar-refractivity contribution in [3.63, 3.8) is 0 Å². The third-order valence-electron chi connectivity index (χ3n) is 12.9. The lowest BCUT2D eigenvalue weighted by Crippen LogP contribution is -2.00. The van der Waals surface area contributed by atoms with E-state index in [1.807, 2.05) is 35.6 Å². The van der Waals surface area contributed by atoms with Crippen molar-refractivity contribution in [2.24, 2.45) is 0 Å². The first-order chi connectivity index (χ1) is 33.2. The fourth-order valence-corrected chi connectivity index (χ4v) is 11.1.